The summed E-state index contributed by atoms with van der Waals surface area (Å²) >= 11 is 0. The van der Waals surface area contributed by atoms with Gasteiger partial charge in [-0.05, 0) is 37.6 Å². The molecular weight excluding hydrogens is 224 g/mol. The maximum absolute atomic E-state index is 4.33. The van der Waals surface area contributed by atoms with Gasteiger partial charge >= 0.3 is 0 Å². The molecule has 3 N–H and O–H groups in total. The number of aromatic amines is 1. The van der Waals surface area contributed by atoms with Crippen molar-refractivity contribution < 1.29 is 0 Å². The van der Waals surface area contributed by atoms with E-state index in [1.54, 1.807) is 0 Å². The number of dihydropyridines is 1. The lowest BCUT2D eigenvalue weighted by atomic mass is 10.1. The van der Waals surface area contributed by atoms with Crippen LogP contribution in [0.1, 0.15) is 13.8 Å². The van der Waals surface area contributed by atoms with Gasteiger partial charge in [0.15, 0.2) is 5.82 Å². The molecule has 2 heterocycles. The number of fused-ring (bicyclic) bond motifs is 1. The van der Waals surface area contributed by atoms with E-state index in [0.717, 1.165) is 29.0 Å². The Bertz CT molecular complexity index is 649. The molecule has 4 heteroatoms. The first-order valence-electron chi connectivity index (χ1n) is 6.06. The van der Waals surface area contributed by atoms with Gasteiger partial charge in [0.2, 0.25) is 0 Å². The van der Waals surface area contributed by atoms with Crippen molar-refractivity contribution in [3.8, 4) is 0 Å². The molecule has 0 atom stereocenters. The summed E-state index contributed by atoms with van der Waals surface area (Å²) < 4.78 is 0. The Hall–Kier alpha value is -2.23. The van der Waals surface area contributed by atoms with Gasteiger partial charge in [-0.2, -0.15) is 5.10 Å². The lowest BCUT2D eigenvalue weighted by molar-refractivity contribution is 0.840. The van der Waals surface area contributed by atoms with E-state index in [0.29, 0.717) is 0 Å². The SMILES string of the molecule is CC1=CC(Nc2n[nH]c3ccccc23)=C(C)CN1. The maximum Gasteiger partial charge on any atom is 0.160 e. The molecule has 0 saturated heterocycles. The minimum atomic E-state index is 0.880. The van der Waals surface area contributed by atoms with Crippen molar-refractivity contribution >= 4 is 16.7 Å². The Morgan fingerprint density at radius 2 is 2.06 bits per heavy atom. The molecule has 4 nitrogen and oxygen atoms in total. The fourth-order valence-electron chi connectivity index (χ4n) is 2.09. The molecule has 0 unspecified atom stereocenters. The van der Waals surface area contributed by atoms with Crippen LogP contribution in [0.5, 0.6) is 0 Å². The van der Waals surface area contributed by atoms with Gasteiger partial charge in [-0.1, -0.05) is 12.1 Å². The van der Waals surface area contributed by atoms with Crippen molar-refractivity contribution in [3.63, 3.8) is 0 Å². The van der Waals surface area contributed by atoms with E-state index in [1.807, 2.05) is 18.2 Å². The minimum Gasteiger partial charge on any atom is -0.385 e. The van der Waals surface area contributed by atoms with Gasteiger partial charge in [0.25, 0.3) is 0 Å². The van der Waals surface area contributed by atoms with Crippen LogP contribution in [0.3, 0.4) is 0 Å². The van der Waals surface area contributed by atoms with Crippen molar-refractivity contribution in [2.45, 2.75) is 13.8 Å². The van der Waals surface area contributed by atoms with E-state index in [4.69, 9.17) is 0 Å². The Morgan fingerprint density at radius 3 is 2.94 bits per heavy atom. The summed E-state index contributed by atoms with van der Waals surface area (Å²) in [6.45, 7) is 5.07. The van der Waals surface area contributed by atoms with Gasteiger partial charge in [-0.25, -0.2) is 0 Å². The van der Waals surface area contributed by atoms with Crippen molar-refractivity contribution in [2.24, 2.45) is 0 Å². The van der Waals surface area contributed by atoms with Crippen LogP contribution < -0.4 is 10.6 Å². The van der Waals surface area contributed by atoms with Gasteiger partial charge in [0.05, 0.1) is 5.52 Å². The fraction of sp³-hybridized carbons (Fsp3) is 0.214. The molecule has 0 spiro atoms. The predicted octanol–water partition coefficient (Wildman–Crippen LogP) is 2.76. The molecule has 18 heavy (non-hydrogen) atoms. The maximum atomic E-state index is 4.33. The molecule has 0 fully saturated rings. The first-order chi connectivity index (χ1) is 8.74. The van der Waals surface area contributed by atoms with Crippen molar-refractivity contribution in [1.29, 1.82) is 0 Å². The number of anilines is 1. The summed E-state index contributed by atoms with van der Waals surface area (Å²) in [5.41, 5.74) is 4.63. The third-order valence-corrected chi connectivity index (χ3v) is 3.18. The second-order valence-corrected chi connectivity index (χ2v) is 4.62. The summed E-state index contributed by atoms with van der Waals surface area (Å²) in [4.78, 5) is 0. The summed E-state index contributed by atoms with van der Waals surface area (Å²) in [7, 11) is 0. The standard InChI is InChI=1S/C14H16N4/c1-9-8-15-10(2)7-13(9)16-14-11-5-3-4-6-12(11)17-18-14/h3-7,15H,8H2,1-2H3,(H2,16,17,18). The van der Waals surface area contributed by atoms with Crippen LogP contribution in [0.25, 0.3) is 10.9 Å². The van der Waals surface area contributed by atoms with E-state index >= 15 is 0 Å². The molecule has 2 aromatic rings. The zero-order valence-corrected chi connectivity index (χ0v) is 10.5. The summed E-state index contributed by atoms with van der Waals surface area (Å²) in [5.74, 6) is 0.880. The van der Waals surface area contributed by atoms with Crippen LogP contribution in [0.4, 0.5) is 5.82 Å². The largest absolute Gasteiger partial charge is 0.385 e. The predicted molar refractivity (Wildman–Crippen MR) is 74.2 cm³/mol. The number of hydrogen-bond donors (Lipinski definition) is 3. The molecule has 1 aromatic heterocycles. The van der Waals surface area contributed by atoms with Crippen LogP contribution in [0.15, 0.2) is 47.3 Å². The monoisotopic (exact) mass is 240 g/mol. The van der Waals surface area contributed by atoms with Crippen LogP contribution in [-0.2, 0) is 0 Å². The Balaban J connectivity index is 1.98. The van der Waals surface area contributed by atoms with Crippen LogP contribution in [-0.4, -0.2) is 16.7 Å². The fourth-order valence-corrected chi connectivity index (χ4v) is 2.09. The zero-order valence-electron chi connectivity index (χ0n) is 10.5. The number of nitrogens with zero attached hydrogens (tertiary/aromatic N) is 1. The van der Waals surface area contributed by atoms with Gasteiger partial charge in [0, 0.05) is 23.3 Å². The molecule has 0 amide bonds. The Labute approximate surface area is 106 Å². The number of hydrogen-bond acceptors (Lipinski definition) is 3. The highest BCUT2D eigenvalue weighted by Crippen LogP contribution is 2.23. The summed E-state index contributed by atoms with van der Waals surface area (Å²) in [6, 6.07) is 8.12. The van der Waals surface area contributed by atoms with Gasteiger partial charge in [-0.3, -0.25) is 5.10 Å². The Kier molecular flexibility index (Phi) is 2.55. The van der Waals surface area contributed by atoms with Crippen molar-refractivity contribution in [2.75, 3.05) is 11.9 Å². The van der Waals surface area contributed by atoms with E-state index < -0.39 is 0 Å². The number of aromatic nitrogens is 2. The smallest absolute Gasteiger partial charge is 0.160 e. The third-order valence-electron chi connectivity index (χ3n) is 3.18. The molecule has 1 aromatic carbocycles. The van der Waals surface area contributed by atoms with Gasteiger partial charge in [0.1, 0.15) is 0 Å². The normalized spacial score (nSPS) is 15.6. The molecule has 0 bridgehead atoms. The van der Waals surface area contributed by atoms with E-state index in [9.17, 15) is 0 Å². The van der Waals surface area contributed by atoms with E-state index in [-0.39, 0.29) is 0 Å². The Morgan fingerprint density at radius 1 is 1.22 bits per heavy atom. The number of rotatable bonds is 2. The van der Waals surface area contributed by atoms with Crippen molar-refractivity contribution in [3.05, 3.63) is 47.3 Å². The summed E-state index contributed by atoms with van der Waals surface area (Å²) in [6.07, 6.45) is 2.11. The molecule has 1 aliphatic heterocycles. The minimum absolute atomic E-state index is 0.880. The molecule has 0 radical (unpaired) electrons. The highest BCUT2D eigenvalue weighted by Gasteiger charge is 2.10. The number of allylic oxidation sites excluding steroid dienone is 2. The number of H-pyrrole nitrogens is 1. The molecule has 1 aliphatic rings. The third kappa shape index (κ3) is 1.86. The molecule has 92 valence electrons. The second kappa shape index (κ2) is 4.22. The quantitative estimate of drug-likeness (QED) is 0.756. The lowest BCUT2D eigenvalue weighted by Gasteiger charge is -2.18. The highest BCUT2D eigenvalue weighted by molar-refractivity contribution is 5.90. The first-order valence-corrected chi connectivity index (χ1v) is 6.06. The lowest BCUT2D eigenvalue weighted by Crippen LogP contribution is -2.21. The second-order valence-electron chi connectivity index (χ2n) is 4.62. The van der Waals surface area contributed by atoms with E-state index in [2.05, 4.69) is 46.8 Å². The molecule has 3 rings (SSSR count). The average molecular weight is 240 g/mol. The number of benzene rings is 1. The molecule has 0 saturated carbocycles. The van der Waals surface area contributed by atoms with Gasteiger partial charge in [-0.15, -0.1) is 0 Å². The molecule has 0 aliphatic carbocycles. The highest BCUT2D eigenvalue weighted by atomic mass is 15.2. The number of nitrogens with one attached hydrogen (secondary N) is 3. The van der Waals surface area contributed by atoms with E-state index in [1.165, 1.54) is 11.3 Å². The van der Waals surface area contributed by atoms with Crippen LogP contribution in [0, 0.1) is 0 Å². The molecular formula is C14H16N4. The summed E-state index contributed by atoms with van der Waals surface area (Å²) in [5, 5.41) is 15.2. The van der Waals surface area contributed by atoms with Crippen LogP contribution in [0.2, 0.25) is 0 Å². The van der Waals surface area contributed by atoms with Crippen LogP contribution >= 0.6 is 0 Å². The average Bonchev–Trinajstić information content (AvgIpc) is 2.78. The number of para-hydroxylation sites is 1. The first kappa shape index (κ1) is 10.9. The zero-order chi connectivity index (χ0) is 12.5. The van der Waals surface area contributed by atoms with Crippen molar-refractivity contribution in [1.82, 2.24) is 15.5 Å². The topological polar surface area (TPSA) is 52.7 Å². The van der Waals surface area contributed by atoms with Gasteiger partial charge < -0.3 is 10.6 Å².